The molecule has 0 aliphatic heterocycles. The summed E-state index contributed by atoms with van der Waals surface area (Å²) in [5.74, 6) is 1.08. The topological polar surface area (TPSA) is 141 Å². The van der Waals surface area contributed by atoms with Crippen LogP contribution >= 0.6 is 0 Å². The van der Waals surface area contributed by atoms with Crippen LogP contribution in [0.2, 0.25) is 0 Å². The van der Waals surface area contributed by atoms with Crippen molar-refractivity contribution in [2.75, 3.05) is 25.2 Å². The zero-order valence-electron chi connectivity index (χ0n) is 14.4. The second-order valence-corrected chi connectivity index (χ2v) is 5.26. The van der Waals surface area contributed by atoms with Gasteiger partial charge in [-0.15, -0.1) is 10.2 Å². The summed E-state index contributed by atoms with van der Waals surface area (Å²) in [6, 6.07) is 6.89. The van der Waals surface area contributed by atoms with E-state index in [9.17, 15) is 4.79 Å². The smallest absolute Gasteiger partial charge is 0.273 e. The second-order valence-electron chi connectivity index (χ2n) is 5.26. The van der Waals surface area contributed by atoms with Crippen molar-refractivity contribution in [2.45, 2.75) is 6.92 Å². The quantitative estimate of drug-likeness (QED) is 0.621. The van der Waals surface area contributed by atoms with Crippen LogP contribution in [0, 0.1) is 6.92 Å². The molecule has 0 aliphatic rings. The van der Waals surface area contributed by atoms with Crippen molar-refractivity contribution in [1.29, 1.82) is 0 Å². The molecule has 1 amide bonds. The molecule has 10 nitrogen and oxygen atoms in total. The number of amides is 1. The molecule has 0 saturated heterocycles. The molecule has 0 atom stereocenters. The first-order chi connectivity index (χ1) is 12.5. The number of rotatable bonds is 5. The Morgan fingerprint density at radius 2 is 2.08 bits per heavy atom. The molecule has 4 N–H and O–H groups in total. The number of nitrogens with one attached hydrogen (secondary N) is 2. The van der Waals surface area contributed by atoms with Crippen molar-refractivity contribution in [3.05, 3.63) is 35.9 Å². The highest BCUT2D eigenvalue weighted by Gasteiger charge is 2.19. The number of hydrogen-bond acceptors (Lipinski definition) is 9. The van der Waals surface area contributed by atoms with Crippen molar-refractivity contribution in [3.8, 4) is 17.1 Å². The van der Waals surface area contributed by atoms with Gasteiger partial charge in [-0.3, -0.25) is 4.79 Å². The van der Waals surface area contributed by atoms with E-state index in [1.807, 2.05) is 0 Å². The summed E-state index contributed by atoms with van der Waals surface area (Å²) in [7, 11) is 3.03. The Bertz CT molecular complexity index is 955. The van der Waals surface area contributed by atoms with Crippen LogP contribution in [-0.4, -0.2) is 40.4 Å². The molecule has 2 aromatic heterocycles. The summed E-state index contributed by atoms with van der Waals surface area (Å²) in [5, 5.41) is 17.1. The molecule has 1 aromatic carbocycles. The SMILES string of the molecule is CNC(=O)c1nnc(N)cc1Nc1cccc(-c2noc(C)n2)c1OC. The molecule has 10 heteroatoms. The van der Waals surface area contributed by atoms with E-state index in [-0.39, 0.29) is 11.5 Å². The monoisotopic (exact) mass is 355 g/mol. The maximum atomic E-state index is 12.0. The number of nitrogens with two attached hydrogens (primary N) is 1. The number of para-hydroxylation sites is 1. The van der Waals surface area contributed by atoms with E-state index in [1.54, 1.807) is 25.1 Å². The summed E-state index contributed by atoms with van der Waals surface area (Å²) >= 11 is 0. The van der Waals surface area contributed by atoms with Gasteiger partial charge in [0.05, 0.1) is 24.0 Å². The van der Waals surface area contributed by atoms with E-state index in [0.29, 0.717) is 34.4 Å². The molecular weight excluding hydrogens is 338 g/mol. The number of nitrogen functional groups attached to an aromatic ring is 1. The second kappa shape index (κ2) is 7.05. The van der Waals surface area contributed by atoms with E-state index in [4.69, 9.17) is 15.0 Å². The lowest BCUT2D eigenvalue weighted by atomic mass is 10.1. The predicted molar refractivity (Wildman–Crippen MR) is 94.1 cm³/mol. The molecule has 0 radical (unpaired) electrons. The number of benzene rings is 1. The maximum Gasteiger partial charge on any atom is 0.273 e. The first kappa shape index (κ1) is 17.1. The number of ether oxygens (including phenoxy) is 1. The zero-order valence-corrected chi connectivity index (χ0v) is 14.4. The fraction of sp³-hybridized carbons (Fsp3) is 0.188. The van der Waals surface area contributed by atoms with Gasteiger partial charge in [-0.25, -0.2) is 0 Å². The third-order valence-corrected chi connectivity index (χ3v) is 3.51. The van der Waals surface area contributed by atoms with Gasteiger partial charge in [0.15, 0.2) is 11.4 Å². The first-order valence-corrected chi connectivity index (χ1v) is 7.63. The highest BCUT2D eigenvalue weighted by Crippen LogP contribution is 2.37. The zero-order chi connectivity index (χ0) is 18.7. The van der Waals surface area contributed by atoms with E-state index in [1.165, 1.54) is 20.2 Å². The summed E-state index contributed by atoms with van der Waals surface area (Å²) in [4.78, 5) is 16.2. The lowest BCUT2D eigenvalue weighted by Crippen LogP contribution is -2.21. The molecule has 2 heterocycles. The van der Waals surface area contributed by atoms with Crippen molar-refractivity contribution in [3.63, 3.8) is 0 Å². The van der Waals surface area contributed by atoms with E-state index in [2.05, 4.69) is 31.0 Å². The summed E-state index contributed by atoms with van der Waals surface area (Å²) in [6.07, 6.45) is 0. The Hall–Kier alpha value is -3.69. The molecular formula is C16H17N7O3. The van der Waals surface area contributed by atoms with Crippen molar-refractivity contribution in [2.24, 2.45) is 0 Å². The fourth-order valence-corrected chi connectivity index (χ4v) is 2.37. The number of hydrogen-bond donors (Lipinski definition) is 3. The molecule has 3 aromatic rings. The van der Waals surface area contributed by atoms with Gasteiger partial charge in [-0.2, -0.15) is 4.98 Å². The largest absolute Gasteiger partial charge is 0.494 e. The number of carbonyl (C=O) groups is 1. The molecule has 0 aliphatic carbocycles. The van der Waals surface area contributed by atoms with Crippen LogP contribution in [0.3, 0.4) is 0 Å². The lowest BCUT2D eigenvalue weighted by Gasteiger charge is -2.15. The number of anilines is 3. The Morgan fingerprint density at radius 1 is 1.27 bits per heavy atom. The minimum absolute atomic E-state index is 0.101. The highest BCUT2D eigenvalue weighted by molar-refractivity contribution is 5.98. The van der Waals surface area contributed by atoms with Gasteiger partial charge in [-0.05, 0) is 12.1 Å². The van der Waals surface area contributed by atoms with E-state index < -0.39 is 5.91 Å². The summed E-state index contributed by atoms with van der Waals surface area (Å²) in [5.41, 5.74) is 7.40. The third-order valence-electron chi connectivity index (χ3n) is 3.51. The minimum Gasteiger partial charge on any atom is -0.494 e. The highest BCUT2D eigenvalue weighted by atomic mass is 16.5. The Labute approximate surface area is 148 Å². The van der Waals surface area contributed by atoms with Gasteiger partial charge in [0.25, 0.3) is 5.91 Å². The fourth-order valence-electron chi connectivity index (χ4n) is 2.37. The van der Waals surface area contributed by atoms with Gasteiger partial charge < -0.3 is 25.6 Å². The van der Waals surface area contributed by atoms with Gasteiger partial charge in [0.1, 0.15) is 5.82 Å². The van der Waals surface area contributed by atoms with Crippen LogP contribution in [0.25, 0.3) is 11.4 Å². The summed E-state index contributed by atoms with van der Waals surface area (Å²) < 4.78 is 10.5. The standard InChI is InChI=1S/C16H17N7O3/c1-8-19-15(23-26-8)9-5-4-6-10(14(9)25-3)20-11-7-12(17)21-22-13(11)16(24)18-2/h4-7H,1-3H3,(H,18,24)(H3,17,20,21). The number of aromatic nitrogens is 4. The Morgan fingerprint density at radius 3 is 2.73 bits per heavy atom. The summed E-state index contributed by atoms with van der Waals surface area (Å²) in [6.45, 7) is 1.70. The lowest BCUT2D eigenvalue weighted by molar-refractivity contribution is 0.0958. The third kappa shape index (κ3) is 3.24. The van der Waals surface area contributed by atoms with Crippen LogP contribution in [0.1, 0.15) is 16.4 Å². The van der Waals surface area contributed by atoms with Crippen LogP contribution in [0.15, 0.2) is 28.8 Å². The van der Waals surface area contributed by atoms with Crippen molar-refractivity contribution in [1.82, 2.24) is 25.7 Å². The van der Waals surface area contributed by atoms with Crippen LogP contribution in [-0.2, 0) is 0 Å². The van der Waals surface area contributed by atoms with Gasteiger partial charge in [-0.1, -0.05) is 11.2 Å². The Kier molecular flexibility index (Phi) is 4.65. The molecule has 0 saturated carbocycles. The molecule has 0 fully saturated rings. The molecule has 134 valence electrons. The number of nitrogens with zero attached hydrogens (tertiary/aromatic N) is 4. The van der Waals surface area contributed by atoms with E-state index in [0.717, 1.165) is 0 Å². The average molecular weight is 355 g/mol. The maximum absolute atomic E-state index is 12.0. The number of aryl methyl sites for hydroxylation is 1. The number of methoxy groups -OCH3 is 1. The predicted octanol–water partition coefficient (Wildman–Crippen LogP) is 1.53. The van der Waals surface area contributed by atoms with Crippen LogP contribution in [0.5, 0.6) is 5.75 Å². The Balaban J connectivity index is 2.06. The average Bonchev–Trinajstić information content (AvgIpc) is 3.07. The van der Waals surface area contributed by atoms with Gasteiger partial charge in [0.2, 0.25) is 11.7 Å². The normalized spacial score (nSPS) is 10.4. The minimum atomic E-state index is -0.399. The van der Waals surface area contributed by atoms with Gasteiger partial charge >= 0.3 is 0 Å². The van der Waals surface area contributed by atoms with E-state index >= 15 is 0 Å². The molecule has 0 unspecified atom stereocenters. The molecule has 0 bridgehead atoms. The van der Waals surface area contributed by atoms with Crippen molar-refractivity contribution >= 4 is 23.1 Å². The number of carbonyl (C=O) groups excluding carboxylic acids is 1. The van der Waals surface area contributed by atoms with Crippen molar-refractivity contribution < 1.29 is 14.1 Å². The first-order valence-electron chi connectivity index (χ1n) is 7.63. The molecule has 26 heavy (non-hydrogen) atoms. The van der Waals surface area contributed by atoms with Crippen LogP contribution in [0.4, 0.5) is 17.2 Å². The molecule has 3 rings (SSSR count). The van der Waals surface area contributed by atoms with Crippen LogP contribution < -0.4 is 21.1 Å². The molecule has 0 spiro atoms. The van der Waals surface area contributed by atoms with Gasteiger partial charge in [0, 0.05) is 20.0 Å².